The average Bonchev–Trinajstić information content (AvgIpc) is 3.01. The molecule has 0 radical (unpaired) electrons. The molecule has 8 nitrogen and oxygen atoms in total. The Kier molecular flexibility index (Phi) is 5.37. The predicted molar refractivity (Wildman–Crippen MR) is 95.6 cm³/mol. The number of β-amino-alcohol motifs (C(OH)–C–C–N with tert-alkyl or cyclic N) is 1. The summed E-state index contributed by atoms with van der Waals surface area (Å²) in [6.07, 6.45) is 0.304. The Morgan fingerprint density at radius 1 is 1.37 bits per heavy atom. The van der Waals surface area contributed by atoms with Crippen molar-refractivity contribution in [2.45, 2.75) is 16.6 Å². The van der Waals surface area contributed by atoms with Crippen LogP contribution in [-0.2, 0) is 10.0 Å². The van der Waals surface area contributed by atoms with Gasteiger partial charge >= 0.3 is 0 Å². The topological polar surface area (TPSA) is 124 Å². The smallest absolute Gasteiger partial charge is 0.246 e. The first-order chi connectivity index (χ1) is 12.8. The standard InChI is InChI=1S/C17H16ClN3O5S/c18-12-3-5-13(6-4-12)26-16-9-21(10-17(16,23)11-22)27(24,25)15-2-1-7-20-14(15)8-19/h1-7,16,22-23H,9-11H2/t16?,17-/m1/s1. The number of nitriles is 1. The molecule has 1 unspecified atom stereocenters. The van der Waals surface area contributed by atoms with Crippen LogP contribution in [0.15, 0.2) is 47.5 Å². The van der Waals surface area contributed by atoms with Gasteiger partial charge < -0.3 is 14.9 Å². The zero-order valence-corrected chi connectivity index (χ0v) is 15.6. The lowest BCUT2D eigenvalue weighted by Crippen LogP contribution is -2.48. The first-order valence-electron chi connectivity index (χ1n) is 7.91. The van der Waals surface area contributed by atoms with Crippen molar-refractivity contribution in [3.8, 4) is 11.8 Å². The number of aliphatic hydroxyl groups excluding tert-OH is 1. The SMILES string of the molecule is N#Cc1ncccc1S(=O)(=O)N1CC(Oc2ccc(Cl)cc2)[C@](O)(CO)C1. The number of hydrogen-bond acceptors (Lipinski definition) is 7. The van der Waals surface area contributed by atoms with E-state index in [1.165, 1.54) is 18.3 Å². The summed E-state index contributed by atoms with van der Waals surface area (Å²) in [5.41, 5.74) is -2.05. The molecular weight excluding hydrogens is 394 g/mol. The van der Waals surface area contributed by atoms with Gasteiger partial charge in [-0.15, -0.1) is 0 Å². The van der Waals surface area contributed by atoms with Crippen LogP contribution in [-0.4, -0.2) is 59.3 Å². The van der Waals surface area contributed by atoms with Crippen molar-refractivity contribution in [3.63, 3.8) is 0 Å². The molecule has 2 N–H and O–H groups in total. The summed E-state index contributed by atoms with van der Waals surface area (Å²) in [5, 5.41) is 29.9. The lowest BCUT2D eigenvalue weighted by Gasteiger charge is -2.27. The zero-order chi connectivity index (χ0) is 19.7. The molecule has 0 bridgehead atoms. The number of pyridine rings is 1. The lowest BCUT2D eigenvalue weighted by molar-refractivity contribution is -0.0640. The molecule has 1 aliphatic heterocycles. The minimum absolute atomic E-state index is 0.207. The van der Waals surface area contributed by atoms with Crippen LogP contribution in [0.2, 0.25) is 5.02 Å². The monoisotopic (exact) mass is 409 g/mol. The molecule has 1 aliphatic rings. The van der Waals surface area contributed by atoms with Crippen molar-refractivity contribution in [1.29, 1.82) is 5.26 Å². The van der Waals surface area contributed by atoms with Crippen LogP contribution >= 0.6 is 11.6 Å². The Morgan fingerprint density at radius 2 is 2.07 bits per heavy atom. The van der Waals surface area contributed by atoms with Gasteiger partial charge in [0.05, 0.1) is 13.2 Å². The molecule has 0 aliphatic carbocycles. The number of aromatic nitrogens is 1. The van der Waals surface area contributed by atoms with Gasteiger partial charge in [-0.3, -0.25) is 0 Å². The van der Waals surface area contributed by atoms with Gasteiger partial charge in [0.15, 0.2) is 5.69 Å². The van der Waals surface area contributed by atoms with Gasteiger partial charge in [-0.2, -0.15) is 9.57 Å². The molecule has 2 atom stereocenters. The van der Waals surface area contributed by atoms with E-state index in [1.807, 2.05) is 0 Å². The minimum atomic E-state index is -4.12. The minimum Gasteiger partial charge on any atom is -0.486 e. The number of ether oxygens (including phenoxy) is 1. The second-order valence-corrected chi connectivity index (χ2v) is 8.42. The van der Waals surface area contributed by atoms with Crippen molar-refractivity contribution < 1.29 is 23.4 Å². The molecule has 2 heterocycles. The van der Waals surface area contributed by atoms with Gasteiger partial charge in [0, 0.05) is 17.8 Å². The summed E-state index contributed by atoms with van der Waals surface area (Å²) >= 11 is 5.83. The summed E-state index contributed by atoms with van der Waals surface area (Å²) in [7, 11) is -4.12. The second kappa shape index (κ2) is 7.42. The highest BCUT2D eigenvalue weighted by molar-refractivity contribution is 7.89. The molecule has 142 valence electrons. The fraction of sp³-hybridized carbons (Fsp3) is 0.294. The number of nitrogens with zero attached hydrogens (tertiary/aromatic N) is 3. The Labute approximate surface area is 161 Å². The van der Waals surface area contributed by atoms with Gasteiger partial charge in [0.1, 0.15) is 28.4 Å². The van der Waals surface area contributed by atoms with Crippen molar-refractivity contribution in [1.82, 2.24) is 9.29 Å². The van der Waals surface area contributed by atoms with Crippen LogP contribution in [0.25, 0.3) is 0 Å². The maximum absolute atomic E-state index is 12.9. The van der Waals surface area contributed by atoms with Crippen LogP contribution in [0.4, 0.5) is 0 Å². The predicted octanol–water partition coefficient (Wildman–Crippen LogP) is 0.782. The summed E-state index contributed by atoms with van der Waals surface area (Å²) in [5.74, 6) is 0.370. The highest BCUT2D eigenvalue weighted by Crippen LogP contribution is 2.31. The molecule has 27 heavy (non-hydrogen) atoms. The highest BCUT2D eigenvalue weighted by Gasteiger charge is 2.51. The van der Waals surface area contributed by atoms with Gasteiger partial charge in [-0.1, -0.05) is 11.6 Å². The second-order valence-electron chi connectivity index (χ2n) is 6.08. The van der Waals surface area contributed by atoms with E-state index in [1.54, 1.807) is 30.3 Å². The van der Waals surface area contributed by atoms with E-state index in [0.29, 0.717) is 10.8 Å². The Hall–Kier alpha value is -2.22. The molecular formula is C17H16ClN3O5S. The van der Waals surface area contributed by atoms with E-state index in [0.717, 1.165) is 4.31 Å². The summed E-state index contributed by atoms with van der Waals surface area (Å²) in [6, 6.07) is 10.8. The van der Waals surface area contributed by atoms with E-state index in [2.05, 4.69) is 4.98 Å². The summed E-state index contributed by atoms with van der Waals surface area (Å²) < 4.78 is 32.5. The summed E-state index contributed by atoms with van der Waals surface area (Å²) in [6.45, 7) is -1.29. The van der Waals surface area contributed by atoms with Crippen LogP contribution in [0, 0.1) is 11.3 Å². The van der Waals surface area contributed by atoms with E-state index >= 15 is 0 Å². The highest BCUT2D eigenvalue weighted by atomic mass is 35.5. The van der Waals surface area contributed by atoms with Crippen LogP contribution in [0.3, 0.4) is 0 Å². The van der Waals surface area contributed by atoms with Crippen molar-refractivity contribution in [2.75, 3.05) is 19.7 Å². The van der Waals surface area contributed by atoms with E-state index in [-0.39, 0.29) is 23.7 Å². The molecule has 2 aromatic rings. The maximum atomic E-state index is 12.9. The van der Waals surface area contributed by atoms with E-state index in [4.69, 9.17) is 21.6 Å². The molecule has 1 fully saturated rings. The van der Waals surface area contributed by atoms with Gasteiger partial charge in [0.2, 0.25) is 10.0 Å². The van der Waals surface area contributed by atoms with E-state index < -0.39 is 28.3 Å². The number of aliphatic hydroxyl groups is 2. The number of halogens is 1. The zero-order valence-electron chi connectivity index (χ0n) is 14.0. The number of benzene rings is 1. The normalized spacial score (nSPS) is 23.1. The Balaban J connectivity index is 1.90. The molecule has 1 aromatic carbocycles. The third-order valence-electron chi connectivity index (χ3n) is 4.28. The molecule has 0 spiro atoms. The average molecular weight is 410 g/mol. The van der Waals surface area contributed by atoms with Gasteiger partial charge in [0.25, 0.3) is 0 Å². The first-order valence-corrected chi connectivity index (χ1v) is 9.73. The Morgan fingerprint density at radius 3 is 2.70 bits per heavy atom. The quantitative estimate of drug-likeness (QED) is 0.747. The molecule has 0 amide bonds. The van der Waals surface area contributed by atoms with Crippen LogP contribution in [0.1, 0.15) is 5.69 Å². The third-order valence-corrected chi connectivity index (χ3v) is 6.37. The van der Waals surface area contributed by atoms with Crippen molar-refractivity contribution >= 4 is 21.6 Å². The molecule has 10 heteroatoms. The fourth-order valence-corrected chi connectivity index (χ4v) is 4.53. The lowest BCUT2D eigenvalue weighted by atomic mass is 10.0. The van der Waals surface area contributed by atoms with Gasteiger partial charge in [-0.05, 0) is 36.4 Å². The Bertz CT molecular complexity index is 977. The number of sulfonamides is 1. The van der Waals surface area contributed by atoms with Crippen molar-refractivity contribution in [2.24, 2.45) is 0 Å². The first kappa shape index (κ1) is 19.5. The third kappa shape index (κ3) is 3.76. The van der Waals surface area contributed by atoms with Crippen LogP contribution < -0.4 is 4.74 Å². The molecule has 1 aromatic heterocycles. The number of hydrogen-bond donors (Lipinski definition) is 2. The van der Waals surface area contributed by atoms with Gasteiger partial charge in [-0.25, -0.2) is 13.4 Å². The number of rotatable bonds is 5. The fourth-order valence-electron chi connectivity index (χ4n) is 2.81. The maximum Gasteiger partial charge on any atom is 0.246 e. The molecule has 1 saturated heterocycles. The van der Waals surface area contributed by atoms with E-state index in [9.17, 15) is 18.6 Å². The molecule has 0 saturated carbocycles. The molecule has 3 rings (SSSR count). The van der Waals surface area contributed by atoms with Crippen LogP contribution in [0.5, 0.6) is 5.75 Å². The summed E-state index contributed by atoms with van der Waals surface area (Å²) in [4.78, 5) is 3.50. The van der Waals surface area contributed by atoms with Crippen molar-refractivity contribution in [3.05, 3.63) is 53.3 Å². The largest absolute Gasteiger partial charge is 0.486 e.